The second-order valence-corrected chi connectivity index (χ2v) is 16.2. The summed E-state index contributed by atoms with van der Waals surface area (Å²) >= 11 is 6.48. The van der Waals surface area contributed by atoms with Crippen LogP contribution in [0.2, 0.25) is 5.02 Å². The molecule has 0 radical (unpaired) electrons. The van der Waals surface area contributed by atoms with Gasteiger partial charge in [0.05, 0.1) is 30.1 Å². The van der Waals surface area contributed by atoms with Crippen molar-refractivity contribution in [2.24, 2.45) is 0 Å². The summed E-state index contributed by atoms with van der Waals surface area (Å²) in [6.45, 7) is 6.19. The standard InChI is InChI=1S/C38H39ClFN8O5P/c1-53-30-18-23(8-9-27(30)44-38-42-20-25(39)34(46-38)43-28-6-4-5-7-31(28)54(2)3)47-14-12-22(13-15-47)41-19-21-16-24-33(26(40)17-21)37(52)48(36(24)51)29-10-11-32(49)45-35(29)50/h4-9,16-18,20,22,29,41H,10-15,19H2,1-3H3,(H,45,49,50)(H2,42,43,44,46). The van der Waals surface area contributed by atoms with Crippen LogP contribution in [0.25, 0.3) is 0 Å². The van der Waals surface area contributed by atoms with Gasteiger partial charge in [-0.2, -0.15) is 4.98 Å². The normalized spacial score (nSPS) is 17.6. The zero-order valence-corrected chi connectivity index (χ0v) is 31.6. The summed E-state index contributed by atoms with van der Waals surface area (Å²) in [4.78, 5) is 62.2. The highest BCUT2D eigenvalue weighted by Gasteiger charge is 2.46. The molecule has 1 unspecified atom stereocenters. The smallest absolute Gasteiger partial charge is 0.265 e. The van der Waals surface area contributed by atoms with E-state index in [1.165, 1.54) is 17.4 Å². The maximum absolute atomic E-state index is 15.2. The Labute approximate surface area is 317 Å². The summed E-state index contributed by atoms with van der Waals surface area (Å²) in [7, 11) is 1.26. The maximum atomic E-state index is 15.2. The fourth-order valence-corrected chi connectivity index (χ4v) is 8.16. The quantitative estimate of drug-likeness (QED) is 0.116. The Morgan fingerprint density at radius 1 is 0.981 bits per heavy atom. The molecule has 7 rings (SSSR count). The predicted molar refractivity (Wildman–Crippen MR) is 207 cm³/mol. The Balaban J connectivity index is 0.957. The Kier molecular flexibility index (Phi) is 10.8. The number of fused-ring (bicyclic) bond motifs is 1. The molecule has 0 spiro atoms. The van der Waals surface area contributed by atoms with Gasteiger partial charge in [-0.05, 0) is 73.8 Å². The molecule has 4 N–H and O–H groups in total. The summed E-state index contributed by atoms with van der Waals surface area (Å²) in [6, 6.07) is 15.7. The minimum absolute atomic E-state index is 0.00504. The number of nitrogens with zero attached hydrogens (tertiary/aromatic N) is 4. The van der Waals surface area contributed by atoms with Crippen molar-refractivity contribution in [2.75, 3.05) is 49.1 Å². The van der Waals surface area contributed by atoms with Crippen LogP contribution in [0, 0.1) is 5.82 Å². The number of amides is 4. The largest absolute Gasteiger partial charge is 0.494 e. The molecule has 0 saturated carbocycles. The highest BCUT2D eigenvalue weighted by atomic mass is 35.5. The van der Waals surface area contributed by atoms with Gasteiger partial charge in [-0.15, -0.1) is 0 Å². The first-order valence-electron chi connectivity index (χ1n) is 17.5. The number of para-hydroxylation sites is 1. The lowest BCUT2D eigenvalue weighted by atomic mass is 10.0. The van der Waals surface area contributed by atoms with E-state index >= 15 is 4.39 Å². The zero-order valence-electron chi connectivity index (χ0n) is 29.9. The van der Waals surface area contributed by atoms with Crippen LogP contribution < -0.4 is 36.2 Å². The molecule has 4 amide bonds. The molecule has 280 valence electrons. The van der Waals surface area contributed by atoms with Gasteiger partial charge < -0.3 is 25.6 Å². The monoisotopic (exact) mass is 772 g/mol. The number of piperidine rings is 2. The molecule has 4 aromatic rings. The predicted octanol–water partition coefficient (Wildman–Crippen LogP) is 5.29. The number of benzene rings is 3. The number of hydrogen-bond donors (Lipinski definition) is 4. The molecule has 16 heteroatoms. The van der Waals surface area contributed by atoms with E-state index in [0.717, 1.165) is 42.2 Å². The summed E-state index contributed by atoms with van der Waals surface area (Å²) in [6.07, 6.45) is 3.17. The Hall–Kier alpha value is -5.17. The van der Waals surface area contributed by atoms with Crippen LogP contribution in [-0.4, -0.2) is 84.1 Å². The third kappa shape index (κ3) is 7.59. The van der Waals surface area contributed by atoms with E-state index in [1.807, 2.05) is 36.4 Å². The minimum atomic E-state index is -1.15. The lowest BCUT2D eigenvalue weighted by Crippen LogP contribution is -2.54. The highest BCUT2D eigenvalue weighted by molar-refractivity contribution is 7.64. The fourth-order valence-electron chi connectivity index (χ4n) is 7.02. The van der Waals surface area contributed by atoms with E-state index in [0.29, 0.717) is 33.8 Å². The SMILES string of the molecule is COc1cc(N2CCC(NCc3cc(F)c4c(c3)C(=O)N(C3CCC(=O)NC3=O)C4=O)CC2)ccc1Nc1ncc(Cl)c(Nc2ccccc2P(C)C)n1. The van der Waals surface area contributed by atoms with Gasteiger partial charge in [-0.1, -0.05) is 37.7 Å². The van der Waals surface area contributed by atoms with Crippen LogP contribution in [0.15, 0.2) is 60.8 Å². The van der Waals surface area contributed by atoms with Crippen LogP contribution in [0.3, 0.4) is 0 Å². The molecule has 0 aliphatic carbocycles. The zero-order chi connectivity index (χ0) is 38.1. The number of aromatic nitrogens is 2. The fraction of sp³-hybridized carbons (Fsp3) is 0.316. The molecule has 13 nitrogen and oxygen atoms in total. The Morgan fingerprint density at radius 2 is 1.76 bits per heavy atom. The number of carbonyl (C=O) groups excluding carboxylic acids is 4. The van der Waals surface area contributed by atoms with Crippen molar-refractivity contribution < 1.29 is 28.3 Å². The number of methoxy groups -OCH3 is 1. The number of rotatable bonds is 11. The van der Waals surface area contributed by atoms with Crippen molar-refractivity contribution in [3.63, 3.8) is 0 Å². The number of halogens is 2. The van der Waals surface area contributed by atoms with Crippen LogP contribution in [0.5, 0.6) is 5.75 Å². The van der Waals surface area contributed by atoms with Gasteiger partial charge in [-0.25, -0.2) is 9.37 Å². The lowest BCUT2D eigenvalue weighted by Gasteiger charge is -2.34. The molecular formula is C38H39ClFN8O5P. The summed E-state index contributed by atoms with van der Waals surface area (Å²) in [5, 5.41) is 13.9. The molecule has 3 aliphatic heterocycles. The highest BCUT2D eigenvalue weighted by Crippen LogP contribution is 2.35. The number of hydrogen-bond acceptors (Lipinski definition) is 11. The molecule has 0 bridgehead atoms. The van der Waals surface area contributed by atoms with Crippen LogP contribution >= 0.6 is 19.5 Å². The average Bonchev–Trinajstić information content (AvgIpc) is 3.41. The second kappa shape index (κ2) is 15.7. The van der Waals surface area contributed by atoms with Crippen molar-refractivity contribution in [3.05, 3.63) is 88.3 Å². The molecule has 1 aromatic heterocycles. The van der Waals surface area contributed by atoms with Gasteiger partial charge in [-0.3, -0.25) is 29.4 Å². The molecular weight excluding hydrogens is 734 g/mol. The van der Waals surface area contributed by atoms with Gasteiger partial charge in [0.2, 0.25) is 17.8 Å². The third-order valence-corrected chi connectivity index (χ3v) is 11.5. The number of nitrogens with one attached hydrogen (secondary N) is 4. The molecule has 54 heavy (non-hydrogen) atoms. The molecule has 2 saturated heterocycles. The third-order valence-electron chi connectivity index (χ3n) is 9.82. The lowest BCUT2D eigenvalue weighted by molar-refractivity contribution is -0.136. The van der Waals surface area contributed by atoms with E-state index in [2.05, 4.69) is 55.5 Å². The number of ether oxygens (including phenoxy) is 1. The molecule has 2 fully saturated rings. The van der Waals surface area contributed by atoms with Crippen molar-refractivity contribution in [3.8, 4) is 5.75 Å². The number of imide groups is 2. The van der Waals surface area contributed by atoms with Crippen molar-refractivity contribution in [1.82, 2.24) is 25.5 Å². The van der Waals surface area contributed by atoms with Crippen LogP contribution in [-0.2, 0) is 16.1 Å². The molecule has 3 aromatic carbocycles. The second-order valence-electron chi connectivity index (χ2n) is 13.5. The van der Waals surface area contributed by atoms with Gasteiger partial charge in [0.25, 0.3) is 11.8 Å². The molecule has 1 atom stereocenters. The number of carbonyl (C=O) groups is 4. The van der Waals surface area contributed by atoms with Crippen molar-refractivity contribution in [1.29, 1.82) is 0 Å². The first-order valence-corrected chi connectivity index (χ1v) is 20.2. The Bertz CT molecular complexity index is 2150. The van der Waals surface area contributed by atoms with Crippen molar-refractivity contribution in [2.45, 2.75) is 44.3 Å². The van der Waals surface area contributed by atoms with Gasteiger partial charge in [0, 0.05) is 49.5 Å². The molecule has 3 aliphatic rings. The van der Waals surface area contributed by atoms with Crippen molar-refractivity contribution >= 4 is 77.3 Å². The first-order chi connectivity index (χ1) is 26.0. The Morgan fingerprint density at radius 3 is 2.50 bits per heavy atom. The average molecular weight is 773 g/mol. The summed E-state index contributed by atoms with van der Waals surface area (Å²) < 4.78 is 21.0. The minimum Gasteiger partial charge on any atom is -0.494 e. The van der Waals surface area contributed by atoms with Gasteiger partial charge in [0.1, 0.15) is 22.6 Å². The van der Waals surface area contributed by atoms with Crippen LogP contribution in [0.1, 0.15) is 52.0 Å². The van der Waals surface area contributed by atoms with E-state index in [1.54, 1.807) is 13.3 Å². The summed E-state index contributed by atoms with van der Waals surface area (Å²) in [5.74, 6) is -2.14. The topological polar surface area (TPSA) is 158 Å². The summed E-state index contributed by atoms with van der Waals surface area (Å²) in [5.41, 5.74) is 2.74. The van der Waals surface area contributed by atoms with E-state index in [-0.39, 0.29) is 44.5 Å². The van der Waals surface area contributed by atoms with E-state index < -0.39 is 35.5 Å². The van der Waals surface area contributed by atoms with Crippen LogP contribution in [0.4, 0.5) is 33.2 Å². The maximum Gasteiger partial charge on any atom is 0.265 e. The van der Waals surface area contributed by atoms with Gasteiger partial charge in [0.15, 0.2) is 5.82 Å². The van der Waals surface area contributed by atoms with E-state index in [4.69, 9.17) is 16.3 Å². The van der Waals surface area contributed by atoms with E-state index in [9.17, 15) is 19.2 Å². The first kappa shape index (κ1) is 37.2. The number of anilines is 5. The molecule has 4 heterocycles. The van der Waals surface area contributed by atoms with Gasteiger partial charge >= 0.3 is 0 Å².